The minimum Gasteiger partial charge on any atom is -0.454 e. The number of aryl methyl sites for hydroxylation is 2. The van der Waals surface area contributed by atoms with E-state index in [2.05, 4.69) is 50.5 Å². The molecule has 0 aliphatic heterocycles. The second kappa shape index (κ2) is 7.56. The van der Waals surface area contributed by atoms with Crippen molar-refractivity contribution in [2.75, 3.05) is 0 Å². The Hall–Kier alpha value is -3.39. The van der Waals surface area contributed by atoms with E-state index < -0.39 is 12.7 Å². The summed E-state index contributed by atoms with van der Waals surface area (Å²) in [5, 5.41) is 1.97. The van der Waals surface area contributed by atoms with E-state index in [1.54, 1.807) is 0 Å². The highest BCUT2D eigenvalue weighted by Gasteiger charge is 2.27. The lowest BCUT2D eigenvalue weighted by Gasteiger charge is -2.24. The van der Waals surface area contributed by atoms with Gasteiger partial charge in [0.25, 0.3) is 0 Å². The van der Waals surface area contributed by atoms with Crippen molar-refractivity contribution < 1.29 is 14.5 Å². The maximum absolute atomic E-state index is 8.92. The van der Waals surface area contributed by atoms with E-state index in [0.29, 0.717) is 22.3 Å². The van der Waals surface area contributed by atoms with Crippen molar-refractivity contribution in [2.45, 2.75) is 52.3 Å². The summed E-state index contributed by atoms with van der Waals surface area (Å²) in [6, 6.07) is 20.3. The molecule has 6 rings (SSSR count). The van der Waals surface area contributed by atoms with Crippen LogP contribution in [0.15, 0.2) is 71.3 Å². The van der Waals surface area contributed by atoms with Gasteiger partial charge in [-0.25, -0.2) is 4.57 Å². The molecule has 2 nitrogen and oxygen atoms in total. The zero-order valence-electron chi connectivity index (χ0n) is 24.4. The van der Waals surface area contributed by atoms with Crippen molar-refractivity contribution in [1.29, 1.82) is 0 Å². The fourth-order valence-corrected chi connectivity index (χ4v) is 5.31. The minimum absolute atomic E-state index is 0.195. The highest BCUT2D eigenvalue weighted by atomic mass is 16.3. The Labute approximate surface area is 207 Å². The molecule has 0 saturated carbocycles. The Morgan fingerprint density at radius 1 is 0.824 bits per heavy atom. The monoisotopic (exact) mass is 450 g/mol. The number of benzene rings is 3. The largest absolute Gasteiger partial charge is 0.454 e. The van der Waals surface area contributed by atoms with E-state index in [1.165, 1.54) is 0 Å². The molecule has 34 heavy (non-hydrogen) atoms. The first kappa shape index (κ1) is 17.1. The minimum atomic E-state index is -1.80. The van der Waals surface area contributed by atoms with E-state index in [9.17, 15) is 0 Å². The molecule has 0 N–H and O–H groups in total. The predicted molar refractivity (Wildman–Crippen MR) is 141 cm³/mol. The van der Waals surface area contributed by atoms with Gasteiger partial charge in [0.1, 0.15) is 18.2 Å². The zero-order valence-corrected chi connectivity index (χ0v) is 20.4. The van der Waals surface area contributed by atoms with Crippen LogP contribution in [0.1, 0.15) is 54.9 Å². The third kappa shape index (κ3) is 3.12. The molecule has 1 aliphatic carbocycles. The van der Waals surface area contributed by atoms with Crippen LogP contribution in [0.5, 0.6) is 0 Å². The number of furan rings is 1. The number of rotatable bonds is 2. The summed E-state index contributed by atoms with van der Waals surface area (Å²) in [5.74, 6) is 0. The quantitative estimate of drug-likeness (QED) is 0.250. The van der Waals surface area contributed by atoms with Crippen LogP contribution in [0.4, 0.5) is 0 Å². The van der Waals surface area contributed by atoms with E-state index in [-0.39, 0.29) is 11.8 Å². The van der Waals surface area contributed by atoms with Gasteiger partial charge in [0, 0.05) is 34.0 Å². The maximum atomic E-state index is 8.92. The summed E-state index contributed by atoms with van der Waals surface area (Å²) in [4.78, 5) is 0. The smallest absolute Gasteiger partial charge is 0.216 e. The number of fused-ring (bicyclic) bond motifs is 4. The molecule has 1 aliphatic rings. The molecule has 5 aromatic rings. The SMILES string of the molecule is [2H]C1([2H])CC([2H])([2H])c2c(C(C)(C)C)ccc(-c3cccc4c3oc3c(-c5cccc[n+]5C)c(C)ccc34)c21. The molecular weight excluding hydrogens is 414 g/mol. The van der Waals surface area contributed by atoms with Crippen LogP contribution >= 0.6 is 0 Å². The molecule has 2 heterocycles. The fraction of sp³-hybridized carbons (Fsp3) is 0.281. The average molecular weight is 451 g/mol. The van der Waals surface area contributed by atoms with Crippen molar-refractivity contribution >= 4 is 21.9 Å². The van der Waals surface area contributed by atoms with Crippen LogP contribution in [0, 0.1) is 6.92 Å². The summed E-state index contributed by atoms with van der Waals surface area (Å²) in [6.45, 7) is 8.25. The standard InChI is InChI=1S/C32H32NO/c1-20-15-16-26-25-13-9-12-24(22-17-18-27(32(2,3)4)23-11-8-10-21(22)23)30(25)34-31(26)29(20)28-14-6-7-19-33(28)5/h6-7,9,12-19H,8,10-11H2,1-5H3/q+1/i10D2,11D2. The number of hydrogen-bond acceptors (Lipinski definition) is 1. The van der Waals surface area contributed by atoms with E-state index in [4.69, 9.17) is 9.90 Å². The van der Waals surface area contributed by atoms with Gasteiger partial charge in [-0.05, 0) is 65.4 Å². The van der Waals surface area contributed by atoms with Gasteiger partial charge in [0.2, 0.25) is 5.69 Å². The third-order valence-corrected chi connectivity index (χ3v) is 7.02. The summed E-state index contributed by atoms with van der Waals surface area (Å²) in [6.07, 6.45) is -1.73. The van der Waals surface area contributed by atoms with Crippen LogP contribution in [0.2, 0.25) is 0 Å². The first-order valence-corrected chi connectivity index (χ1v) is 11.9. The Bertz CT molecular complexity index is 1760. The van der Waals surface area contributed by atoms with Crippen molar-refractivity contribution in [2.24, 2.45) is 7.05 Å². The van der Waals surface area contributed by atoms with E-state index >= 15 is 0 Å². The molecule has 170 valence electrons. The molecule has 2 aromatic heterocycles. The molecule has 3 aromatic carbocycles. The lowest BCUT2D eigenvalue weighted by Crippen LogP contribution is -2.30. The zero-order chi connectivity index (χ0) is 27.2. The van der Waals surface area contributed by atoms with Gasteiger partial charge in [-0.15, -0.1) is 0 Å². The Balaban J connectivity index is 1.70. The Kier molecular flexibility index (Phi) is 3.80. The van der Waals surface area contributed by atoms with Gasteiger partial charge in [-0.2, -0.15) is 0 Å². The third-order valence-electron chi connectivity index (χ3n) is 7.02. The molecule has 0 unspecified atom stereocenters. The van der Waals surface area contributed by atoms with Gasteiger partial charge in [-0.3, -0.25) is 0 Å². The summed E-state index contributed by atoms with van der Waals surface area (Å²) in [7, 11) is 2.03. The van der Waals surface area contributed by atoms with Gasteiger partial charge in [0.05, 0.1) is 5.56 Å². The predicted octanol–water partition coefficient (Wildman–Crippen LogP) is 7.84. The number of hydrogen-bond donors (Lipinski definition) is 0. The molecule has 0 spiro atoms. The normalized spacial score (nSPS) is 18.4. The fourth-order valence-electron chi connectivity index (χ4n) is 5.31. The van der Waals surface area contributed by atoms with Crippen LogP contribution < -0.4 is 4.57 Å². The number of pyridine rings is 1. The summed E-state index contributed by atoms with van der Waals surface area (Å²) >= 11 is 0. The second-order valence-corrected chi connectivity index (χ2v) is 10.3. The number of aromatic nitrogens is 1. The van der Waals surface area contributed by atoms with Crippen molar-refractivity contribution in [1.82, 2.24) is 0 Å². The first-order chi connectivity index (χ1) is 17.8. The van der Waals surface area contributed by atoms with Crippen molar-refractivity contribution in [3.63, 3.8) is 0 Å². The summed E-state index contributed by atoms with van der Waals surface area (Å²) in [5.41, 5.74) is 7.67. The lowest BCUT2D eigenvalue weighted by atomic mass is 9.80. The Morgan fingerprint density at radius 3 is 2.41 bits per heavy atom. The molecule has 0 amide bonds. The highest BCUT2D eigenvalue weighted by molar-refractivity contribution is 6.13. The van der Waals surface area contributed by atoms with Crippen molar-refractivity contribution in [3.05, 3.63) is 89.1 Å². The van der Waals surface area contributed by atoms with E-state index in [0.717, 1.165) is 44.3 Å². The van der Waals surface area contributed by atoms with Gasteiger partial charge in [0.15, 0.2) is 6.20 Å². The average Bonchev–Trinajstić information content (AvgIpc) is 3.30. The molecule has 0 atom stereocenters. The number of para-hydroxylation sites is 1. The van der Waals surface area contributed by atoms with Crippen LogP contribution in [-0.2, 0) is 25.2 Å². The first-order valence-electron chi connectivity index (χ1n) is 13.9. The number of nitrogens with zero attached hydrogens (tertiary/aromatic N) is 1. The maximum Gasteiger partial charge on any atom is 0.216 e. The molecule has 0 radical (unpaired) electrons. The lowest BCUT2D eigenvalue weighted by molar-refractivity contribution is -0.660. The highest BCUT2D eigenvalue weighted by Crippen LogP contribution is 2.44. The second-order valence-electron chi connectivity index (χ2n) is 10.3. The topological polar surface area (TPSA) is 17.0 Å². The van der Waals surface area contributed by atoms with Gasteiger partial charge in [-0.1, -0.05) is 63.2 Å². The Morgan fingerprint density at radius 2 is 1.62 bits per heavy atom. The summed E-state index contributed by atoms with van der Waals surface area (Å²) < 4.78 is 44.3. The van der Waals surface area contributed by atoms with Crippen molar-refractivity contribution in [3.8, 4) is 22.4 Å². The molecular formula is C32H32NO+. The molecule has 0 bridgehead atoms. The van der Waals surface area contributed by atoms with Crippen LogP contribution in [-0.4, -0.2) is 0 Å². The molecule has 2 heteroatoms. The van der Waals surface area contributed by atoms with Gasteiger partial charge < -0.3 is 4.42 Å². The molecule has 0 fully saturated rings. The van der Waals surface area contributed by atoms with E-state index in [1.807, 2.05) is 55.7 Å². The van der Waals surface area contributed by atoms with Gasteiger partial charge >= 0.3 is 0 Å². The molecule has 0 saturated heterocycles. The van der Waals surface area contributed by atoms with Crippen LogP contribution in [0.3, 0.4) is 0 Å². The van der Waals surface area contributed by atoms with Crippen LogP contribution in [0.25, 0.3) is 44.3 Å².